The molecule has 1 aromatic heterocycles. The Kier molecular flexibility index (Phi) is 5.14. The van der Waals surface area contributed by atoms with Gasteiger partial charge in [0, 0.05) is 20.2 Å². The second-order valence-corrected chi connectivity index (χ2v) is 3.35. The van der Waals surface area contributed by atoms with Crippen molar-refractivity contribution in [2.75, 3.05) is 25.5 Å². The lowest BCUT2D eigenvalue weighted by Crippen LogP contribution is -2.18. The Morgan fingerprint density at radius 2 is 2.40 bits per heavy atom. The summed E-state index contributed by atoms with van der Waals surface area (Å²) in [5, 5.41) is 6.24. The molecule has 0 aliphatic heterocycles. The number of rotatable bonds is 7. The van der Waals surface area contributed by atoms with Gasteiger partial charge in [0.15, 0.2) is 0 Å². The SMILES string of the molecule is CCNCc1coc(NCC(C)OC)n1. The molecular weight excluding hydrogens is 194 g/mol. The Labute approximate surface area is 90.2 Å². The summed E-state index contributed by atoms with van der Waals surface area (Å²) in [4.78, 5) is 4.26. The maximum absolute atomic E-state index is 5.24. The molecular formula is C10H19N3O2. The standard InChI is InChI=1S/C10H19N3O2/c1-4-11-6-9-7-15-10(13-9)12-5-8(2)14-3/h7-8,11H,4-6H2,1-3H3,(H,12,13). The maximum Gasteiger partial charge on any atom is 0.294 e. The van der Waals surface area contributed by atoms with Gasteiger partial charge in [-0.05, 0) is 13.5 Å². The summed E-state index contributed by atoms with van der Waals surface area (Å²) in [6.45, 7) is 6.39. The van der Waals surface area contributed by atoms with E-state index in [1.807, 2.05) is 6.92 Å². The summed E-state index contributed by atoms with van der Waals surface area (Å²) in [7, 11) is 1.68. The first-order valence-corrected chi connectivity index (χ1v) is 5.18. The maximum atomic E-state index is 5.24. The largest absolute Gasteiger partial charge is 0.432 e. The van der Waals surface area contributed by atoms with Crippen LogP contribution in [0.1, 0.15) is 19.5 Å². The zero-order valence-corrected chi connectivity index (χ0v) is 9.54. The van der Waals surface area contributed by atoms with Gasteiger partial charge in [0.05, 0.1) is 11.8 Å². The minimum atomic E-state index is 0.147. The Hall–Kier alpha value is -1.07. The van der Waals surface area contributed by atoms with E-state index < -0.39 is 0 Å². The highest BCUT2D eigenvalue weighted by atomic mass is 16.5. The first-order chi connectivity index (χ1) is 7.26. The quantitative estimate of drug-likeness (QED) is 0.713. The number of nitrogens with zero attached hydrogens (tertiary/aromatic N) is 1. The van der Waals surface area contributed by atoms with Gasteiger partial charge in [0.25, 0.3) is 6.01 Å². The second-order valence-electron chi connectivity index (χ2n) is 3.35. The molecule has 15 heavy (non-hydrogen) atoms. The third-order valence-electron chi connectivity index (χ3n) is 2.05. The fraction of sp³-hybridized carbons (Fsp3) is 0.700. The molecule has 1 unspecified atom stereocenters. The number of nitrogens with one attached hydrogen (secondary N) is 2. The summed E-state index contributed by atoms with van der Waals surface area (Å²) < 4.78 is 10.3. The van der Waals surface area contributed by atoms with E-state index in [9.17, 15) is 0 Å². The van der Waals surface area contributed by atoms with Crippen molar-refractivity contribution in [3.63, 3.8) is 0 Å². The smallest absolute Gasteiger partial charge is 0.294 e. The molecule has 2 N–H and O–H groups in total. The van der Waals surface area contributed by atoms with Crippen molar-refractivity contribution in [1.29, 1.82) is 0 Å². The minimum Gasteiger partial charge on any atom is -0.432 e. The molecule has 1 atom stereocenters. The lowest BCUT2D eigenvalue weighted by Gasteiger charge is -2.08. The summed E-state index contributed by atoms with van der Waals surface area (Å²) in [6.07, 6.45) is 1.80. The van der Waals surface area contributed by atoms with E-state index >= 15 is 0 Å². The highest BCUT2D eigenvalue weighted by molar-refractivity contribution is 5.21. The molecule has 1 aromatic rings. The van der Waals surface area contributed by atoms with Gasteiger partial charge >= 0.3 is 0 Å². The van der Waals surface area contributed by atoms with Gasteiger partial charge < -0.3 is 19.8 Å². The average molecular weight is 213 g/mol. The topological polar surface area (TPSA) is 59.3 Å². The van der Waals surface area contributed by atoms with Crippen LogP contribution in [0.5, 0.6) is 0 Å². The van der Waals surface area contributed by atoms with Gasteiger partial charge in [0.1, 0.15) is 6.26 Å². The van der Waals surface area contributed by atoms with Crippen LogP contribution < -0.4 is 10.6 Å². The van der Waals surface area contributed by atoms with Crippen LogP contribution in [-0.4, -0.2) is 31.3 Å². The summed E-state index contributed by atoms with van der Waals surface area (Å²) >= 11 is 0. The van der Waals surface area contributed by atoms with Crippen molar-refractivity contribution in [2.24, 2.45) is 0 Å². The Morgan fingerprint density at radius 3 is 3.07 bits per heavy atom. The molecule has 0 aliphatic rings. The number of methoxy groups -OCH3 is 1. The highest BCUT2D eigenvalue weighted by Gasteiger charge is 2.04. The first-order valence-electron chi connectivity index (χ1n) is 5.18. The fourth-order valence-electron chi connectivity index (χ4n) is 1.04. The molecule has 0 spiro atoms. The van der Waals surface area contributed by atoms with Gasteiger partial charge in [-0.25, -0.2) is 0 Å². The van der Waals surface area contributed by atoms with E-state index in [0.29, 0.717) is 12.6 Å². The van der Waals surface area contributed by atoms with Crippen LogP contribution >= 0.6 is 0 Å². The van der Waals surface area contributed by atoms with E-state index in [1.54, 1.807) is 13.4 Å². The van der Waals surface area contributed by atoms with Gasteiger partial charge in [-0.1, -0.05) is 6.92 Å². The van der Waals surface area contributed by atoms with E-state index in [4.69, 9.17) is 9.15 Å². The third-order valence-corrected chi connectivity index (χ3v) is 2.05. The number of oxazole rings is 1. The Morgan fingerprint density at radius 1 is 1.60 bits per heavy atom. The van der Waals surface area contributed by atoms with Crippen molar-refractivity contribution >= 4 is 6.01 Å². The van der Waals surface area contributed by atoms with Crippen molar-refractivity contribution in [1.82, 2.24) is 10.3 Å². The Bertz CT molecular complexity index is 275. The number of hydrogen-bond acceptors (Lipinski definition) is 5. The van der Waals surface area contributed by atoms with Crippen molar-refractivity contribution in [3.8, 4) is 0 Å². The third kappa shape index (κ3) is 4.31. The molecule has 0 radical (unpaired) electrons. The lowest BCUT2D eigenvalue weighted by molar-refractivity contribution is 0.128. The van der Waals surface area contributed by atoms with Crippen LogP contribution in [-0.2, 0) is 11.3 Å². The van der Waals surface area contributed by atoms with E-state index in [-0.39, 0.29) is 6.10 Å². The summed E-state index contributed by atoms with van der Waals surface area (Å²) in [5.74, 6) is 0. The second kappa shape index (κ2) is 6.42. The Balaban J connectivity index is 2.32. The van der Waals surface area contributed by atoms with Crippen molar-refractivity contribution in [3.05, 3.63) is 12.0 Å². The van der Waals surface area contributed by atoms with E-state index in [2.05, 4.69) is 22.5 Å². The minimum absolute atomic E-state index is 0.147. The molecule has 0 saturated heterocycles. The zero-order chi connectivity index (χ0) is 11.1. The number of aromatic nitrogens is 1. The highest BCUT2D eigenvalue weighted by Crippen LogP contribution is 2.07. The summed E-state index contributed by atoms with van der Waals surface area (Å²) in [6, 6.07) is 0.548. The van der Waals surface area contributed by atoms with Crippen molar-refractivity contribution < 1.29 is 9.15 Å². The monoisotopic (exact) mass is 213 g/mol. The molecule has 5 nitrogen and oxygen atoms in total. The van der Waals surface area contributed by atoms with Crippen molar-refractivity contribution in [2.45, 2.75) is 26.5 Å². The average Bonchev–Trinajstić information content (AvgIpc) is 2.71. The normalized spacial score (nSPS) is 12.7. The van der Waals surface area contributed by atoms with Crippen LogP contribution in [0.4, 0.5) is 6.01 Å². The van der Waals surface area contributed by atoms with E-state index in [0.717, 1.165) is 18.8 Å². The predicted octanol–water partition coefficient (Wildman–Crippen LogP) is 1.23. The molecule has 1 heterocycles. The number of hydrogen-bond donors (Lipinski definition) is 2. The first kappa shape index (κ1) is 12.0. The van der Waals surface area contributed by atoms with Gasteiger partial charge in [-0.15, -0.1) is 0 Å². The molecule has 0 bridgehead atoms. The molecule has 86 valence electrons. The van der Waals surface area contributed by atoms with Crippen LogP contribution in [0.15, 0.2) is 10.7 Å². The van der Waals surface area contributed by atoms with Gasteiger partial charge in [0.2, 0.25) is 0 Å². The molecule has 1 rings (SSSR count). The summed E-state index contributed by atoms with van der Waals surface area (Å²) in [5.41, 5.74) is 0.907. The van der Waals surface area contributed by atoms with Crippen LogP contribution in [0, 0.1) is 0 Å². The van der Waals surface area contributed by atoms with Crippen LogP contribution in [0.25, 0.3) is 0 Å². The van der Waals surface area contributed by atoms with E-state index in [1.165, 1.54) is 0 Å². The van der Waals surface area contributed by atoms with Crippen LogP contribution in [0.2, 0.25) is 0 Å². The van der Waals surface area contributed by atoms with Gasteiger partial charge in [-0.2, -0.15) is 4.98 Å². The molecule has 0 aliphatic carbocycles. The molecule has 0 saturated carbocycles. The zero-order valence-electron chi connectivity index (χ0n) is 9.54. The molecule has 5 heteroatoms. The molecule has 0 fully saturated rings. The van der Waals surface area contributed by atoms with Crippen LogP contribution in [0.3, 0.4) is 0 Å². The van der Waals surface area contributed by atoms with Gasteiger partial charge in [-0.3, -0.25) is 0 Å². The number of anilines is 1. The lowest BCUT2D eigenvalue weighted by atomic mass is 10.4. The predicted molar refractivity (Wildman–Crippen MR) is 58.8 cm³/mol. The number of ether oxygens (including phenoxy) is 1. The molecule has 0 amide bonds. The fourth-order valence-corrected chi connectivity index (χ4v) is 1.04. The molecule has 0 aromatic carbocycles.